The van der Waals surface area contributed by atoms with E-state index < -0.39 is 0 Å². The van der Waals surface area contributed by atoms with Crippen LogP contribution in [0.25, 0.3) is 0 Å². The molecule has 3 nitrogen and oxygen atoms in total. The first-order valence-corrected chi connectivity index (χ1v) is 8.71. The van der Waals surface area contributed by atoms with Crippen molar-refractivity contribution in [3.8, 4) is 0 Å². The first-order chi connectivity index (χ1) is 9.81. The third-order valence-electron chi connectivity index (χ3n) is 5.11. The predicted molar refractivity (Wildman–Crippen MR) is 81.5 cm³/mol. The number of carbonyl (C=O) groups is 1. The molecule has 2 aliphatic carbocycles. The maximum atomic E-state index is 12.6. The Morgan fingerprint density at radius 3 is 2.05 bits per heavy atom. The molecular formula is C17H31NO2. The van der Waals surface area contributed by atoms with Crippen molar-refractivity contribution in [2.24, 2.45) is 5.92 Å². The zero-order valence-corrected chi connectivity index (χ0v) is 12.9. The highest BCUT2D eigenvalue weighted by molar-refractivity contribution is 5.76. The van der Waals surface area contributed by atoms with Crippen LogP contribution in [0.5, 0.6) is 0 Å². The Labute approximate surface area is 123 Å². The Morgan fingerprint density at radius 1 is 0.900 bits per heavy atom. The van der Waals surface area contributed by atoms with Crippen molar-refractivity contribution in [2.75, 3.05) is 13.2 Å². The second-order valence-corrected chi connectivity index (χ2v) is 6.66. The van der Waals surface area contributed by atoms with Gasteiger partial charge in [0, 0.05) is 19.0 Å². The van der Waals surface area contributed by atoms with Crippen molar-refractivity contribution in [3.05, 3.63) is 0 Å². The van der Waals surface area contributed by atoms with Gasteiger partial charge in [0.05, 0.1) is 6.61 Å². The summed E-state index contributed by atoms with van der Waals surface area (Å²) in [6, 6.07) is 0.397. The molecule has 3 heteroatoms. The van der Waals surface area contributed by atoms with E-state index in [-0.39, 0.29) is 6.61 Å². The summed E-state index contributed by atoms with van der Waals surface area (Å²) in [6.45, 7) is 0.642. The Bertz CT molecular complexity index is 279. The van der Waals surface area contributed by atoms with E-state index in [9.17, 15) is 9.90 Å². The molecule has 0 aromatic rings. The molecule has 0 aromatic heterocycles. The molecule has 0 atom stereocenters. The summed E-state index contributed by atoms with van der Waals surface area (Å²) >= 11 is 0. The van der Waals surface area contributed by atoms with Gasteiger partial charge in [0.1, 0.15) is 0 Å². The molecule has 2 saturated carbocycles. The van der Waals surface area contributed by atoms with Crippen molar-refractivity contribution in [1.29, 1.82) is 0 Å². The molecule has 1 amide bonds. The molecule has 20 heavy (non-hydrogen) atoms. The molecule has 116 valence electrons. The zero-order valence-electron chi connectivity index (χ0n) is 12.9. The number of rotatable bonds is 5. The lowest BCUT2D eigenvalue weighted by atomic mass is 9.92. The van der Waals surface area contributed by atoms with Crippen molar-refractivity contribution >= 4 is 5.91 Å². The van der Waals surface area contributed by atoms with Gasteiger partial charge in [0.25, 0.3) is 0 Å². The molecule has 1 N–H and O–H groups in total. The molecule has 2 aliphatic rings. The van der Waals surface area contributed by atoms with Crippen LogP contribution in [-0.4, -0.2) is 35.1 Å². The molecule has 0 heterocycles. The van der Waals surface area contributed by atoms with Crippen LogP contribution in [0.2, 0.25) is 0 Å². The minimum absolute atomic E-state index is 0.104. The van der Waals surface area contributed by atoms with Gasteiger partial charge < -0.3 is 10.0 Å². The number of aliphatic hydroxyl groups excluding tert-OH is 1. The van der Waals surface area contributed by atoms with Gasteiger partial charge in [0.2, 0.25) is 5.91 Å². The van der Waals surface area contributed by atoms with E-state index in [0.29, 0.717) is 24.4 Å². The fourth-order valence-corrected chi connectivity index (χ4v) is 3.94. The highest BCUT2D eigenvalue weighted by Crippen LogP contribution is 2.28. The fourth-order valence-electron chi connectivity index (χ4n) is 3.94. The van der Waals surface area contributed by atoms with Crippen molar-refractivity contribution in [2.45, 2.75) is 83.1 Å². The zero-order chi connectivity index (χ0) is 14.2. The normalized spacial score (nSPS) is 22.4. The van der Waals surface area contributed by atoms with Crippen molar-refractivity contribution in [1.82, 2.24) is 4.90 Å². The van der Waals surface area contributed by atoms with Crippen LogP contribution in [0.15, 0.2) is 0 Å². The SMILES string of the molecule is O=C(CC1CCCCCC1)N(CCO)C1CCCCC1. The van der Waals surface area contributed by atoms with Gasteiger partial charge in [-0.25, -0.2) is 0 Å². The van der Waals surface area contributed by atoms with Crippen LogP contribution in [-0.2, 0) is 4.79 Å². The van der Waals surface area contributed by atoms with Gasteiger partial charge in [-0.2, -0.15) is 0 Å². The van der Waals surface area contributed by atoms with E-state index in [1.54, 1.807) is 0 Å². The lowest BCUT2D eigenvalue weighted by molar-refractivity contribution is -0.136. The van der Waals surface area contributed by atoms with Crippen LogP contribution in [0.4, 0.5) is 0 Å². The molecule has 2 fully saturated rings. The maximum absolute atomic E-state index is 12.6. The van der Waals surface area contributed by atoms with Gasteiger partial charge in [0.15, 0.2) is 0 Å². The molecule has 0 aromatic carbocycles. The fraction of sp³-hybridized carbons (Fsp3) is 0.941. The number of nitrogens with zero attached hydrogens (tertiary/aromatic N) is 1. The second-order valence-electron chi connectivity index (χ2n) is 6.66. The molecular weight excluding hydrogens is 250 g/mol. The first kappa shape index (κ1) is 15.8. The highest BCUT2D eigenvalue weighted by atomic mass is 16.3. The van der Waals surface area contributed by atoms with Crippen LogP contribution in [0.3, 0.4) is 0 Å². The quantitative estimate of drug-likeness (QED) is 0.784. The van der Waals surface area contributed by atoms with Gasteiger partial charge in [-0.1, -0.05) is 44.9 Å². The second kappa shape index (κ2) is 8.66. The largest absolute Gasteiger partial charge is 0.395 e. The summed E-state index contributed by atoms with van der Waals surface area (Å²) in [4.78, 5) is 14.6. The van der Waals surface area contributed by atoms with Gasteiger partial charge in [-0.3, -0.25) is 4.79 Å². The lowest BCUT2D eigenvalue weighted by Gasteiger charge is -2.35. The number of amides is 1. The van der Waals surface area contributed by atoms with Crippen molar-refractivity contribution in [3.63, 3.8) is 0 Å². The van der Waals surface area contributed by atoms with Crippen LogP contribution < -0.4 is 0 Å². The average molecular weight is 281 g/mol. The summed E-state index contributed by atoms with van der Waals surface area (Å²) in [6.07, 6.45) is 14.5. The Kier molecular flexibility index (Phi) is 6.85. The number of carbonyl (C=O) groups excluding carboxylic acids is 1. The Balaban J connectivity index is 1.87. The van der Waals surface area contributed by atoms with E-state index in [4.69, 9.17) is 0 Å². The summed E-state index contributed by atoms with van der Waals surface area (Å²) in [5.74, 6) is 0.896. The summed E-state index contributed by atoms with van der Waals surface area (Å²) in [7, 11) is 0. The van der Waals surface area contributed by atoms with Crippen LogP contribution in [0, 0.1) is 5.92 Å². The molecule has 0 bridgehead atoms. The van der Waals surface area contributed by atoms with E-state index in [2.05, 4.69) is 0 Å². The predicted octanol–water partition coefficient (Wildman–Crippen LogP) is 3.50. The molecule has 2 rings (SSSR count). The molecule has 0 unspecified atom stereocenters. The molecule has 0 radical (unpaired) electrons. The van der Waals surface area contributed by atoms with E-state index in [1.807, 2.05) is 4.90 Å². The Morgan fingerprint density at radius 2 is 1.45 bits per heavy atom. The minimum atomic E-state index is 0.104. The number of aliphatic hydroxyl groups is 1. The maximum Gasteiger partial charge on any atom is 0.223 e. The van der Waals surface area contributed by atoms with Gasteiger partial charge in [-0.15, -0.1) is 0 Å². The summed E-state index contributed by atoms with van der Waals surface area (Å²) in [5.41, 5.74) is 0. The monoisotopic (exact) mass is 281 g/mol. The number of hydrogen-bond donors (Lipinski definition) is 1. The molecule has 0 spiro atoms. The first-order valence-electron chi connectivity index (χ1n) is 8.71. The Hall–Kier alpha value is -0.570. The smallest absolute Gasteiger partial charge is 0.223 e. The van der Waals surface area contributed by atoms with Crippen LogP contribution in [0.1, 0.15) is 77.0 Å². The summed E-state index contributed by atoms with van der Waals surface area (Å²) in [5, 5.41) is 9.27. The third kappa shape index (κ3) is 4.76. The third-order valence-corrected chi connectivity index (χ3v) is 5.11. The highest BCUT2D eigenvalue weighted by Gasteiger charge is 2.26. The van der Waals surface area contributed by atoms with Gasteiger partial charge >= 0.3 is 0 Å². The number of hydrogen-bond acceptors (Lipinski definition) is 2. The van der Waals surface area contributed by atoms with E-state index >= 15 is 0 Å². The average Bonchev–Trinajstić information content (AvgIpc) is 2.74. The standard InChI is InChI=1S/C17H31NO2/c19-13-12-18(16-10-6-3-7-11-16)17(20)14-15-8-4-1-2-5-9-15/h15-16,19H,1-14H2. The lowest BCUT2D eigenvalue weighted by Crippen LogP contribution is -2.43. The van der Waals surface area contributed by atoms with Crippen molar-refractivity contribution < 1.29 is 9.90 Å². The minimum Gasteiger partial charge on any atom is -0.395 e. The molecule has 0 saturated heterocycles. The van der Waals surface area contributed by atoms with Crippen LogP contribution >= 0.6 is 0 Å². The van der Waals surface area contributed by atoms with E-state index in [1.165, 1.54) is 57.8 Å². The van der Waals surface area contributed by atoms with Gasteiger partial charge in [-0.05, 0) is 31.6 Å². The topological polar surface area (TPSA) is 40.5 Å². The molecule has 0 aliphatic heterocycles. The van der Waals surface area contributed by atoms with E-state index in [0.717, 1.165) is 19.3 Å². The summed E-state index contributed by atoms with van der Waals surface area (Å²) < 4.78 is 0.